The average molecular weight is 491 g/mol. The summed E-state index contributed by atoms with van der Waals surface area (Å²) in [5.41, 5.74) is 4.49. The molecule has 0 aliphatic carbocycles. The fraction of sp³-hybridized carbons (Fsp3) is 0.0400. The van der Waals surface area contributed by atoms with Crippen LogP contribution in [-0.4, -0.2) is 19.5 Å². The summed E-state index contributed by atoms with van der Waals surface area (Å²) in [7, 11) is 0. The normalized spacial score (nSPS) is 11.1. The molecule has 0 aliphatic rings. The molecule has 3 aromatic carbocycles. The molecular formula is C25H16Cl2N4O3. The number of nitro groups is 1. The second-order valence-corrected chi connectivity index (χ2v) is 8.51. The summed E-state index contributed by atoms with van der Waals surface area (Å²) in [6, 6.07) is 22.5. The topological polar surface area (TPSA) is 93.3 Å². The van der Waals surface area contributed by atoms with Gasteiger partial charge in [0, 0.05) is 30.2 Å². The van der Waals surface area contributed by atoms with Crippen LogP contribution in [0.2, 0.25) is 10.0 Å². The highest BCUT2D eigenvalue weighted by molar-refractivity contribution is 6.42. The fourth-order valence-electron chi connectivity index (χ4n) is 3.87. The number of nitrogens with zero attached hydrogens (tertiary/aromatic N) is 3. The van der Waals surface area contributed by atoms with Gasteiger partial charge in [-0.15, -0.1) is 0 Å². The van der Waals surface area contributed by atoms with Crippen LogP contribution >= 0.6 is 23.2 Å². The molecule has 2 heterocycles. The summed E-state index contributed by atoms with van der Waals surface area (Å²) < 4.78 is 1.32. The number of non-ortho nitro benzene ring substituents is 1. The monoisotopic (exact) mass is 490 g/mol. The zero-order valence-corrected chi connectivity index (χ0v) is 19.0. The molecule has 7 nitrogen and oxygen atoms in total. The standard InChI is InChI=1S/C25H16Cl2N4O3/c26-19-11-8-17(13-20(19)27)24-22(12-15-4-2-1-3-5-15)29-30-23(32)14-21(28-25(24)30)16-6-9-18(10-7-16)31(33)34/h1-11,13-14,28H,12H2. The zero-order chi connectivity index (χ0) is 23.8. The number of halogens is 2. The fourth-order valence-corrected chi connectivity index (χ4v) is 4.17. The molecule has 0 atom stereocenters. The van der Waals surface area contributed by atoms with E-state index in [1.54, 1.807) is 24.3 Å². The first kappa shape index (κ1) is 21.9. The van der Waals surface area contributed by atoms with Gasteiger partial charge in [-0.3, -0.25) is 14.9 Å². The first-order chi connectivity index (χ1) is 16.4. The molecule has 2 aromatic heterocycles. The van der Waals surface area contributed by atoms with E-state index in [2.05, 4.69) is 10.1 Å². The minimum absolute atomic E-state index is 0.0295. The Morgan fingerprint density at radius 3 is 2.29 bits per heavy atom. The molecule has 0 bridgehead atoms. The van der Waals surface area contributed by atoms with Crippen molar-refractivity contribution < 1.29 is 4.92 Å². The summed E-state index contributed by atoms with van der Waals surface area (Å²) in [5.74, 6) is 0. The second-order valence-electron chi connectivity index (χ2n) is 7.70. The number of aromatic amines is 1. The van der Waals surface area contributed by atoms with Crippen molar-refractivity contribution in [2.24, 2.45) is 0 Å². The number of nitro benzene ring substituents is 1. The summed E-state index contributed by atoms with van der Waals surface area (Å²) >= 11 is 12.4. The average Bonchev–Trinajstić information content (AvgIpc) is 3.20. The summed E-state index contributed by atoms with van der Waals surface area (Å²) in [5, 5.41) is 16.4. The highest BCUT2D eigenvalue weighted by Crippen LogP contribution is 2.34. The summed E-state index contributed by atoms with van der Waals surface area (Å²) in [6.07, 6.45) is 0.498. The molecule has 9 heteroatoms. The number of hydrogen-bond acceptors (Lipinski definition) is 4. The van der Waals surface area contributed by atoms with Crippen molar-refractivity contribution in [1.82, 2.24) is 14.6 Å². The van der Waals surface area contributed by atoms with Gasteiger partial charge in [0.25, 0.3) is 11.2 Å². The molecule has 168 valence electrons. The van der Waals surface area contributed by atoms with Crippen LogP contribution in [-0.2, 0) is 6.42 Å². The van der Waals surface area contributed by atoms with Gasteiger partial charge in [0.2, 0.25) is 0 Å². The Hall–Kier alpha value is -3.94. The van der Waals surface area contributed by atoms with E-state index >= 15 is 0 Å². The van der Waals surface area contributed by atoms with E-state index in [4.69, 9.17) is 23.2 Å². The third-order valence-electron chi connectivity index (χ3n) is 5.50. The highest BCUT2D eigenvalue weighted by Gasteiger charge is 2.19. The molecule has 5 rings (SSSR count). The van der Waals surface area contributed by atoms with Crippen LogP contribution in [0.1, 0.15) is 11.3 Å². The van der Waals surface area contributed by atoms with Crippen molar-refractivity contribution in [3.63, 3.8) is 0 Å². The minimum Gasteiger partial charge on any atom is -0.339 e. The van der Waals surface area contributed by atoms with Crippen LogP contribution in [0.25, 0.3) is 28.0 Å². The van der Waals surface area contributed by atoms with Gasteiger partial charge in [0.05, 0.1) is 26.4 Å². The van der Waals surface area contributed by atoms with Gasteiger partial charge in [-0.2, -0.15) is 9.61 Å². The van der Waals surface area contributed by atoms with E-state index in [0.717, 1.165) is 16.7 Å². The van der Waals surface area contributed by atoms with Crippen molar-refractivity contribution in [3.05, 3.63) is 121 Å². The first-order valence-corrected chi connectivity index (χ1v) is 11.1. The van der Waals surface area contributed by atoms with Crippen molar-refractivity contribution in [2.45, 2.75) is 6.42 Å². The molecule has 0 radical (unpaired) electrons. The lowest BCUT2D eigenvalue weighted by Gasteiger charge is -2.07. The quantitative estimate of drug-likeness (QED) is 0.235. The lowest BCUT2D eigenvalue weighted by molar-refractivity contribution is -0.384. The van der Waals surface area contributed by atoms with E-state index in [-0.39, 0.29) is 11.2 Å². The SMILES string of the molecule is O=c1cc(-c2ccc([N+](=O)[O-])cc2)[nH]c2c(-c3ccc(Cl)c(Cl)c3)c(Cc3ccccc3)nn12. The van der Waals surface area contributed by atoms with Gasteiger partial charge in [-0.05, 0) is 41.0 Å². The van der Waals surface area contributed by atoms with Crippen LogP contribution in [0.5, 0.6) is 0 Å². The molecule has 34 heavy (non-hydrogen) atoms. The molecule has 0 amide bonds. The van der Waals surface area contributed by atoms with Gasteiger partial charge in [-0.25, -0.2) is 0 Å². The Labute approximate surface area is 203 Å². The van der Waals surface area contributed by atoms with Crippen molar-refractivity contribution >= 4 is 34.5 Å². The minimum atomic E-state index is -0.467. The van der Waals surface area contributed by atoms with E-state index in [9.17, 15) is 14.9 Å². The van der Waals surface area contributed by atoms with E-state index in [1.807, 2.05) is 36.4 Å². The number of fused-ring (bicyclic) bond motifs is 1. The van der Waals surface area contributed by atoms with E-state index in [0.29, 0.717) is 39.1 Å². The lowest BCUT2D eigenvalue weighted by Crippen LogP contribution is -2.14. The zero-order valence-electron chi connectivity index (χ0n) is 17.5. The van der Waals surface area contributed by atoms with Gasteiger partial charge in [0.1, 0.15) is 5.65 Å². The van der Waals surface area contributed by atoms with Crippen LogP contribution in [0, 0.1) is 10.1 Å². The highest BCUT2D eigenvalue weighted by atomic mass is 35.5. The number of aromatic nitrogens is 3. The summed E-state index contributed by atoms with van der Waals surface area (Å²) in [6.45, 7) is 0. The third kappa shape index (κ3) is 4.07. The lowest BCUT2D eigenvalue weighted by atomic mass is 10.0. The largest absolute Gasteiger partial charge is 0.339 e. The van der Waals surface area contributed by atoms with Gasteiger partial charge in [-0.1, -0.05) is 59.6 Å². The molecular weight excluding hydrogens is 475 g/mol. The molecule has 0 unspecified atom stereocenters. The van der Waals surface area contributed by atoms with Crippen LogP contribution in [0.15, 0.2) is 83.7 Å². The summed E-state index contributed by atoms with van der Waals surface area (Å²) in [4.78, 5) is 26.9. The number of rotatable bonds is 5. The van der Waals surface area contributed by atoms with Gasteiger partial charge < -0.3 is 4.98 Å². The number of benzene rings is 3. The molecule has 0 aliphatic heterocycles. The Kier molecular flexibility index (Phi) is 5.65. The molecule has 1 N–H and O–H groups in total. The maximum absolute atomic E-state index is 13.0. The van der Waals surface area contributed by atoms with Crippen molar-refractivity contribution in [3.8, 4) is 22.4 Å². The van der Waals surface area contributed by atoms with E-state index in [1.165, 1.54) is 22.7 Å². The number of H-pyrrole nitrogens is 1. The third-order valence-corrected chi connectivity index (χ3v) is 6.24. The number of nitrogens with one attached hydrogen (secondary N) is 1. The molecule has 0 spiro atoms. The smallest absolute Gasteiger partial charge is 0.274 e. The Bertz CT molecular complexity index is 1590. The van der Waals surface area contributed by atoms with Crippen LogP contribution in [0.3, 0.4) is 0 Å². The molecule has 0 fully saturated rings. The number of hydrogen-bond donors (Lipinski definition) is 1. The van der Waals surface area contributed by atoms with Gasteiger partial charge in [0.15, 0.2) is 0 Å². The van der Waals surface area contributed by atoms with Crippen LogP contribution in [0.4, 0.5) is 5.69 Å². The van der Waals surface area contributed by atoms with Crippen LogP contribution < -0.4 is 5.56 Å². The Balaban J connectivity index is 1.73. The molecule has 0 saturated heterocycles. The predicted octanol–water partition coefficient (Wildman–Crippen LogP) is 6.16. The van der Waals surface area contributed by atoms with Crippen molar-refractivity contribution in [2.75, 3.05) is 0 Å². The molecule has 5 aromatic rings. The second kappa shape index (κ2) is 8.78. The maximum Gasteiger partial charge on any atom is 0.274 e. The van der Waals surface area contributed by atoms with Crippen molar-refractivity contribution in [1.29, 1.82) is 0 Å². The maximum atomic E-state index is 13.0. The Morgan fingerprint density at radius 2 is 1.62 bits per heavy atom. The van der Waals surface area contributed by atoms with E-state index < -0.39 is 4.92 Å². The predicted molar refractivity (Wildman–Crippen MR) is 133 cm³/mol. The van der Waals surface area contributed by atoms with Gasteiger partial charge >= 0.3 is 0 Å². The Morgan fingerprint density at radius 1 is 0.912 bits per heavy atom. The molecule has 0 saturated carbocycles. The first-order valence-electron chi connectivity index (χ1n) is 10.3.